The summed E-state index contributed by atoms with van der Waals surface area (Å²) >= 11 is 1.18. The number of hydrogen-bond acceptors (Lipinski definition) is 7. The van der Waals surface area contributed by atoms with Crippen molar-refractivity contribution in [1.82, 2.24) is 24.4 Å². The summed E-state index contributed by atoms with van der Waals surface area (Å²) in [7, 11) is -3.60. The molecule has 3 aromatic carbocycles. The molecule has 10 nitrogen and oxygen atoms in total. The fraction of sp³-hybridized carbons (Fsp3) is 0.290. The number of piperidine rings is 1. The van der Waals surface area contributed by atoms with Gasteiger partial charge in [-0.05, 0) is 92.4 Å². The van der Waals surface area contributed by atoms with Gasteiger partial charge in [0, 0.05) is 24.3 Å². The number of aromatic nitrogens is 3. The number of benzene rings is 3. The number of aryl methyl sites for hydroxylation is 2. The normalized spacial score (nSPS) is 13.9. The van der Waals surface area contributed by atoms with Crippen LogP contribution in [0.15, 0.2) is 76.8 Å². The molecule has 0 saturated carbocycles. The van der Waals surface area contributed by atoms with Gasteiger partial charge in [-0.15, -0.1) is 10.2 Å². The first-order chi connectivity index (χ1) is 21.1. The van der Waals surface area contributed by atoms with Crippen molar-refractivity contribution in [3.63, 3.8) is 0 Å². The Morgan fingerprint density at radius 1 is 0.932 bits per heavy atom. The number of amides is 2. The van der Waals surface area contributed by atoms with E-state index in [0.717, 1.165) is 36.1 Å². The number of anilines is 1. The van der Waals surface area contributed by atoms with Gasteiger partial charge in [0.25, 0.3) is 5.91 Å². The van der Waals surface area contributed by atoms with Crippen LogP contribution in [-0.2, 0) is 21.4 Å². The first-order valence-electron chi connectivity index (χ1n) is 14.2. The number of halogens is 1. The molecule has 1 aliphatic heterocycles. The SMILES string of the molecule is Cc1ccc(C)c(-n2c(CNC(=O)c3ccc(S(=O)(=O)N4CCCCC4)cc3)nnc2SCC(=O)Nc2ccc(F)cc2)c1. The molecule has 0 radical (unpaired) electrons. The van der Waals surface area contributed by atoms with E-state index in [1.54, 1.807) is 0 Å². The van der Waals surface area contributed by atoms with Gasteiger partial charge in [-0.25, -0.2) is 12.8 Å². The lowest BCUT2D eigenvalue weighted by molar-refractivity contribution is -0.113. The Kier molecular flexibility index (Phi) is 9.77. The van der Waals surface area contributed by atoms with Gasteiger partial charge in [0.15, 0.2) is 11.0 Å². The molecule has 2 N–H and O–H groups in total. The van der Waals surface area contributed by atoms with Crippen LogP contribution in [0.2, 0.25) is 0 Å². The molecule has 0 unspecified atom stereocenters. The van der Waals surface area contributed by atoms with Crippen molar-refractivity contribution in [3.8, 4) is 5.69 Å². The van der Waals surface area contributed by atoms with E-state index in [1.165, 1.54) is 64.6 Å². The van der Waals surface area contributed by atoms with Crippen molar-refractivity contribution in [2.24, 2.45) is 0 Å². The Labute approximate surface area is 260 Å². The van der Waals surface area contributed by atoms with Gasteiger partial charge in [-0.3, -0.25) is 14.2 Å². The van der Waals surface area contributed by atoms with Crippen molar-refractivity contribution in [3.05, 3.63) is 95.1 Å². The van der Waals surface area contributed by atoms with Crippen LogP contribution < -0.4 is 10.6 Å². The second kappa shape index (κ2) is 13.7. The molecule has 0 aliphatic carbocycles. The van der Waals surface area contributed by atoms with Crippen LogP contribution in [0.4, 0.5) is 10.1 Å². The van der Waals surface area contributed by atoms with Crippen molar-refractivity contribution < 1.29 is 22.4 Å². The molecule has 1 saturated heterocycles. The summed E-state index contributed by atoms with van der Waals surface area (Å²) in [5, 5.41) is 14.7. The number of hydrogen-bond donors (Lipinski definition) is 2. The summed E-state index contributed by atoms with van der Waals surface area (Å²) in [5.74, 6) is -0.596. The zero-order valence-corrected chi connectivity index (χ0v) is 26.0. The minimum atomic E-state index is -3.60. The highest BCUT2D eigenvalue weighted by Gasteiger charge is 2.26. The molecule has 44 heavy (non-hydrogen) atoms. The molecule has 4 aromatic rings. The number of sulfonamides is 1. The smallest absolute Gasteiger partial charge is 0.251 e. The van der Waals surface area contributed by atoms with E-state index in [9.17, 15) is 22.4 Å². The largest absolute Gasteiger partial charge is 0.345 e. The highest BCUT2D eigenvalue weighted by Crippen LogP contribution is 2.26. The molecule has 0 atom stereocenters. The Hall–Kier alpha value is -4.07. The number of carbonyl (C=O) groups excluding carboxylic acids is 2. The summed E-state index contributed by atoms with van der Waals surface area (Å²) in [6, 6.07) is 17.4. The molecule has 1 aromatic heterocycles. The van der Waals surface area contributed by atoms with Crippen molar-refractivity contribution in [2.45, 2.75) is 49.7 Å². The monoisotopic (exact) mass is 636 g/mol. The molecule has 0 spiro atoms. The van der Waals surface area contributed by atoms with Gasteiger partial charge in [0.1, 0.15) is 5.82 Å². The third-order valence-electron chi connectivity index (χ3n) is 7.24. The van der Waals surface area contributed by atoms with Gasteiger partial charge >= 0.3 is 0 Å². The van der Waals surface area contributed by atoms with E-state index in [1.807, 2.05) is 36.6 Å². The molecule has 13 heteroatoms. The van der Waals surface area contributed by atoms with Crippen molar-refractivity contribution in [1.29, 1.82) is 0 Å². The van der Waals surface area contributed by atoms with Gasteiger partial charge in [0.05, 0.1) is 22.9 Å². The van der Waals surface area contributed by atoms with E-state index < -0.39 is 21.7 Å². The molecule has 1 fully saturated rings. The van der Waals surface area contributed by atoms with Gasteiger partial charge in [-0.1, -0.05) is 30.3 Å². The second-order valence-electron chi connectivity index (χ2n) is 10.5. The lowest BCUT2D eigenvalue weighted by atomic mass is 10.1. The first-order valence-corrected chi connectivity index (χ1v) is 16.6. The highest BCUT2D eigenvalue weighted by atomic mass is 32.2. The number of thioether (sulfide) groups is 1. The summed E-state index contributed by atoms with van der Waals surface area (Å²) in [5.41, 5.74) is 3.57. The van der Waals surface area contributed by atoms with E-state index >= 15 is 0 Å². The van der Waals surface area contributed by atoms with E-state index in [-0.39, 0.29) is 23.1 Å². The standard InChI is InChI=1S/C31H33FN6O4S2/c1-21-6-7-22(2)27(18-21)38-28(35-36-31(38)43-20-29(39)34-25-12-10-24(32)11-13-25)19-33-30(40)23-8-14-26(15-9-23)44(41,42)37-16-4-3-5-17-37/h6-15,18H,3-5,16-17,19-20H2,1-2H3,(H,33,40)(H,34,39). The van der Waals surface area contributed by atoms with E-state index in [2.05, 4.69) is 20.8 Å². The van der Waals surface area contributed by atoms with Crippen LogP contribution in [-0.4, -0.2) is 58.1 Å². The average molecular weight is 637 g/mol. The summed E-state index contributed by atoms with van der Waals surface area (Å²) < 4.78 is 42.5. The maximum absolute atomic E-state index is 13.2. The van der Waals surface area contributed by atoms with E-state index in [4.69, 9.17) is 0 Å². The Morgan fingerprint density at radius 3 is 2.34 bits per heavy atom. The number of rotatable bonds is 10. The third kappa shape index (κ3) is 7.34. The Morgan fingerprint density at radius 2 is 1.64 bits per heavy atom. The number of nitrogens with zero attached hydrogens (tertiary/aromatic N) is 4. The minimum Gasteiger partial charge on any atom is -0.345 e. The fourth-order valence-electron chi connectivity index (χ4n) is 4.86. The fourth-order valence-corrected chi connectivity index (χ4v) is 7.15. The quantitative estimate of drug-likeness (QED) is 0.238. The van der Waals surface area contributed by atoms with Gasteiger partial charge in [-0.2, -0.15) is 4.31 Å². The van der Waals surface area contributed by atoms with Crippen molar-refractivity contribution >= 4 is 39.3 Å². The maximum Gasteiger partial charge on any atom is 0.251 e. The number of nitrogens with one attached hydrogen (secondary N) is 2. The molecule has 2 amide bonds. The molecular formula is C31H33FN6O4S2. The molecule has 2 heterocycles. The zero-order valence-electron chi connectivity index (χ0n) is 24.4. The lowest BCUT2D eigenvalue weighted by Crippen LogP contribution is -2.35. The second-order valence-corrected chi connectivity index (χ2v) is 13.4. The van der Waals surface area contributed by atoms with Crippen LogP contribution in [0.3, 0.4) is 0 Å². The van der Waals surface area contributed by atoms with Crippen LogP contribution >= 0.6 is 11.8 Å². The maximum atomic E-state index is 13.2. The topological polar surface area (TPSA) is 126 Å². The average Bonchev–Trinajstić information content (AvgIpc) is 3.44. The van der Waals surface area contributed by atoms with Gasteiger partial charge < -0.3 is 10.6 Å². The Balaban J connectivity index is 1.30. The van der Waals surface area contributed by atoms with Crippen molar-refractivity contribution in [2.75, 3.05) is 24.2 Å². The van der Waals surface area contributed by atoms with Crippen LogP contribution in [0.1, 0.15) is 46.6 Å². The highest BCUT2D eigenvalue weighted by molar-refractivity contribution is 7.99. The summed E-state index contributed by atoms with van der Waals surface area (Å²) in [4.78, 5) is 25.8. The molecular weight excluding hydrogens is 604 g/mol. The summed E-state index contributed by atoms with van der Waals surface area (Å²) in [6.07, 6.45) is 2.71. The minimum absolute atomic E-state index is 0.0272. The predicted octanol–water partition coefficient (Wildman–Crippen LogP) is 4.86. The Bertz CT molecular complexity index is 1750. The molecule has 1 aliphatic rings. The van der Waals surface area contributed by atoms with Gasteiger partial charge in [0.2, 0.25) is 15.9 Å². The van der Waals surface area contributed by atoms with Crippen LogP contribution in [0, 0.1) is 19.7 Å². The zero-order chi connectivity index (χ0) is 31.3. The third-order valence-corrected chi connectivity index (χ3v) is 10.1. The molecule has 230 valence electrons. The number of carbonyl (C=O) groups is 2. The van der Waals surface area contributed by atoms with Crippen LogP contribution in [0.5, 0.6) is 0 Å². The molecule has 5 rings (SSSR count). The van der Waals surface area contributed by atoms with Crippen LogP contribution in [0.25, 0.3) is 5.69 Å². The summed E-state index contributed by atoms with van der Waals surface area (Å²) in [6.45, 7) is 4.96. The lowest BCUT2D eigenvalue weighted by Gasteiger charge is -2.25. The predicted molar refractivity (Wildman–Crippen MR) is 167 cm³/mol. The first kappa shape index (κ1) is 31.4. The molecule has 0 bridgehead atoms. The van der Waals surface area contributed by atoms with E-state index in [0.29, 0.717) is 35.3 Å².